The average molecular weight is 457 g/mol. The van der Waals surface area contributed by atoms with Crippen LogP contribution in [0.3, 0.4) is 0 Å². The fourth-order valence-corrected chi connectivity index (χ4v) is 2.03. The topological polar surface area (TPSA) is 116 Å². The summed E-state index contributed by atoms with van der Waals surface area (Å²) in [5, 5.41) is 8.52. The summed E-state index contributed by atoms with van der Waals surface area (Å²) in [6.07, 6.45) is 15.0. The van der Waals surface area contributed by atoms with Crippen molar-refractivity contribution in [1.29, 1.82) is 0 Å². The fourth-order valence-electron chi connectivity index (χ4n) is 2.03. The molecule has 1 N–H and O–H groups in total. The van der Waals surface area contributed by atoms with Crippen molar-refractivity contribution in [2.24, 2.45) is 0 Å². The molecule has 0 aromatic rings. The number of aliphatic hydroxyl groups excluding tert-OH is 1. The van der Waals surface area contributed by atoms with Crippen molar-refractivity contribution in [1.82, 2.24) is 0 Å². The SMILES string of the molecule is CCCCCCCCCCCCCOCCO.O=P([O-])([O-])[O-].[K+].[K+].[K+]. The van der Waals surface area contributed by atoms with Crippen LogP contribution in [0.15, 0.2) is 0 Å². The van der Waals surface area contributed by atoms with Crippen LogP contribution in [0.2, 0.25) is 0 Å². The Morgan fingerprint density at radius 3 is 1.36 bits per heavy atom. The van der Waals surface area contributed by atoms with Gasteiger partial charge in [0.1, 0.15) is 0 Å². The summed E-state index contributed by atoms with van der Waals surface area (Å²) in [5.74, 6) is 0. The van der Waals surface area contributed by atoms with Gasteiger partial charge in [-0.1, -0.05) is 71.1 Å². The van der Waals surface area contributed by atoms with E-state index >= 15 is 0 Å². The van der Waals surface area contributed by atoms with Gasteiger partial charge in [0.2, 0.25) is 0 Å². The van der Waals surface area contributed by atoms with E-state index in [1.54, 1.807) is 0 Å². The molecule has 0 aliphatic carbocycles. The van der Waals surface area contributed by atoms with E-state index in [2.05, 4.69) is 6.92 Å². The van der Waals surface area contributed by atoms with Crippen LogP contribution in [0.25, 0.3) is 0 Å². The summed E-state index contributed by atoms with van der Waals surface area (Å²) in [4.78, 5) is 25.6. The summed E-state index contributed by atoms with van der Waals surface area (Å²) in [6, 6.07) is 0. The standard InChI is InChI=1S/C15H32O2.3K.H3O4P/c1-2-3-4-5-6-7-8-9-10-11-12-14-17-15-13-16;;;;1-5(2,3)4/h16H,2-15H2,1H3;;;;(H3,1,2,3,4)/q;3*+1;/p-3. The minimum Gasteiger partial charge on any atom is -0.822 e. The Labute approximate surface area is 281 Å². The van der Waals surface area contributed by atoms with E-state index < -0.39 is 7.82 Å². The zero-order valence-corrected chi connectivity index (χ0v) is 27.1. The summed E-state index contributed by atoms with van der Waals surface area (Å²) in [5.41, 5.74) is 0. The molecule has 0 aliphatic heterocycles. The van der Waals surface area contributed by atoms with E-state index in [-0.39, 0.29) is 161 Å². The molecule has 25 heavy (non-hydrogen) atoms. The molecule has 0 atom stereocenters. The van der Waals surface area contributed by atoms with Gasteiger partial charge in [0.25, 0.3) is 0 Å². The Hall–Kier alpha value is 4.94. The molecule has 0 amide bonds. The minimum absolute atomic E-state index is 0. The number of ether oxygens (including phenoxy) is 1. The second-order valence-electron chi connectivity index (χ2n) is 5.32. The number of phosphoric acid groups is 1. The molecule has 0 heterocycles. The first kappa shape index (κ1) is 40.3. The van der Waals surface area contributed by atoms with Crippen LogP contribution < -0.4 is 169 Å². The van der Waals surface area contributed by atoms with Gasteiger partial charge in [0.05, 0.1) is 13.2 Å². The molecule has 136 valence electrons. The normalized spacial score (nSPS) is 9.80. The Kier molecular flexibility index (Phi) is 54.1. The first-order valence-corrected chi connectivity index (χ1v) is 9.79. The maximum atomic E-state index is 8.55. The number of aliphatic hydroxyl groups is 1. The van der Waals surface area contributed by atoms with Crippen LogP contribution in [-0.4, -0.2) is 24.9 Å². The predicted octanol–water partition coefficient (Wildman–Crippen LogP) is -7.51. The van der Waals surface area contributed by atoms with Gasteiger partial charge in [-0.2, -0.15) is 7.82 Å². The minimum atomic E-state index is -5.39. The van der Waals surface area contributed by atoms with Gasteiger partial charge >= 0.3 is 154 Å². The Balaban J connectivity index is -0.000000147. The Morgan fingerprint density at radius 1 is 0.720 bits per heavy atom. The van der Waals surface area contributed by atoms with Crippen molar-refractivity contribution >= 4 is 7.82 Å². The van der Waals surface area contributed by atoms with Gasteiger partial charge in [0, 0.05) is 6.61 Å². The average Bonchev–Trinajstić information content (AvgIpc) is 2.42. The summed E-state index contributed by atoms with van der Waals surface area (Å²) in [7, 11) is -5.39. The molecule has 0 saturated heterocycles. The summed E-state index contributed by atoms with van der Waals surface area (Å²) >= 11 is 0. The molecule has 0 aromatic heterocycles. The van der Waals surface area contributed by atoms with Crippen molar-refractivity contribution in [3.8, 4) is 0 Å². The molecule has 10 heteroatoms. The zero-order valence-electron chi connectivity index (χ0n) is 16.8. The molecule has 0 saturated carbocycles. The molecule has 0 radical (unpaired) electrons. The molecule has 0 unspecified atom stereocenters. The monoisotopic (exact) mass is 456 g/mol. The van der Waals surface area contributed by atoms with Crippen LogP contribution in [0.4, 0.5) is 0 Å². The van der Waals surface area contributed by atoms with Crippen molar-refractivity contribution in [3.05, 3.63) is 0 Å². The fraction of sp³-hybridized carbons (Fsp3) is 1.00. The molecule has 0 bridgehead atoms. The van der Waals surface area contributed by atoms with Crippen molar-refractivity contribution < 1.29 is 183 Å². The Morgan fingerprint density at radius 2 is 1.04 bits per heavy atom. The van der Waals surface area contributed by atoms with Crippen molar-refractivity contribution in [2.75, 3.05) is 19.8 Å². The largest absolute Gasteiger partial charge is 1.00 e. The van der Waals surface area contributed by atoms with Gasteiger partial charge in [-0.05, 0) is 6.42 Å². The number of hydrogen-bond donors (Lipinski definition) is 1. The van der Waals surface area contributed by atoms with Crippen molar-refractivity contribution in [3.63, 3.8) is 0 Å². The van der Waals surface area contributed by atoms with E-state index in [1.807, 2.05) is 0 Å². The third-order valence-electron chi connectivity index (χ3n) is 3.13. The van der Waals surface area contributed by atoms with E-state index in [0.29, 0.717) is 6.61 Å². The number of rotatable bonds is 14. The maximum absolute atomic E-state index is 8.55. The van der Waals surface area contributed by atoms with Crippen molar-refractivity contribution in [2.45, 2.75) is 77.6 Å². The van der Waals surface area contributed by atoms with Crippen LogP contribution >= 0.6 is 7.82 Å². The zero-order chi connectivity index (χ0) is 17.1. The molecule has 0 spiro atoms. The van der Waals surface area contributed by atoms with Crippen LogP contribution in [0, 0.1) is 0 Å². The third kappa shape index (κ3) is 58.6. The Bertz CT molecular complexity index is 235. The van der Waals surface area contributed by atoms with Crippen LogP contribution in [0.5, 0.6) is 0 Å². The first-order chi connectivity index (χ1) is 10.4. The van der Waals surface area contributed by atoms with E-state index in [1.165, 1.54) is 64.2 Å². The van der Waals surface area contributed by atoms with Crippen LogP contribution in [-0.2, 0) is 9.30 Å². The maximum Gasteiger partial charge on any atom is 1.00 e. The molecular weight excluding hydrogens is 424 g/mol. The summed E-state index contributed by atoms with van der Waals surface area (Å²) in [6.45, 7) is 3.73. The van der Waals surface area contributed by atoms with Gasteiger partial charge < -0.3 is 29.1 Å². The number of unbranched alkanes of at least 4 members (excludes halogenated alkanes) is 10. The van der Waals surface area contributed by atoms with Gasteiger partial charge in [0.15, 0.2) is 0 Å². The second kappa shape index (κ2) is 33.6. The quantitative estimate of drug-likeness (QED) is 0.158. The molecule has 0 aliphatic rings. The number of hydrogen-bond acceptors (Lipinski definition) is 6. The molecule has 0 aromatic carbocycles. The van der Waals surface area contributed by atoms with E-state index in [9.17, 15) is 0 Å². The molecule has 0 fully saturated rings. The smallest absolute Gasteiger partial charge is 0.822 e. The molecule has 0 rings (SSSR count). The van der Waals surface area contributed by atoms with Gasteiger partial charge in [-0.25, -0.2) is 0 Å². The van der Waals surface area contributed by atoms with E-state index in [4.69, 9.17) is 29.1 Å². The third-order valence-corrected chi connectivity index (χ3v) is 3.13. The first-order valence-electron chi connectivity index (χ1n) is 8.33. The van der Waals surface area contributed by atoms with Gasteiger partial charge in [-0.15, -0.1) is 0 Å². The molecular formula is C15H32K3O6P. The van der Waals surface area contributed by atoms with Crippen LogP contribution in [0.1, 0.15) is 77.6 Å². The van der Waals surface area contributed by atoms with E-state index in [0.717, 1.165) is 13.0 Å². The second-order valence-corrected chi connectivity index (χ2v) is 6.21. The predicted molar refractivity (Wildman–Crippen MR) is 82.0 cm³/mol. The summed E-state index contributed by atoms with van der Waals surface area (Å²) < 4.78 is 13.8. The van der Waals surface area contributed by atoms with Gasteiger partial charge in [-0.3, -0.25) is 0 Å². The molecule has 6 nitrogen and oxygen atoms in total.